The molecule has 144 valence electrons. The van der Waals surface area contributed by atoms with Gasteiger partial charge in [-0.25, -0.2) is 4.90 Å². The third kappa shape index (κ3) is 2.39. The zero-order valence-corrected chi connectivity index (χ0v) is 16.5. The number of halogens is 1. The average molecular weight is 404 g/mol. The number of rotatable bonds is 4. The number of carbonyl (C=O) groups excluding carboxylic acids is 2. The molecule has 5 heteroatoms. The first-order chi connectivity index (χ1) is 14.1. The maximum Gasteiger partial charge on any atom is 0.239 e. The molecule has 0 unspecified atom stereocenters. The molecule has 1 heterocycles. The van der Waals surface area contributed by atoms with Gasteiger partial charge in [-0.05, 0) is 29.3 Å². The molecular formula is C24H18ClNO3. The standard InChI is InChI=1S/C24H18ClNO3/c1-29-19-13-12-17(25)14-18(19)26-22(27)20-21(23(26)28)24(20,15-8-4-2-5-9-15)16-10-6-3-7-11-16/h2-14,20-21H,1H3/t20-,21+. The van der Waals surface area contributed by atoms with Crippen molar-refractivity contribution in [2.45, 2.75) is 5.41 Å². The molecule has 2 atom stereocenters. The number of hydrogen-bond acceptors (Lipinski definition) is 3. The Morgan fingerprint density at radius 1 is 0.828 bits per heavy atom. The van der Waals surface area contributed by atoms with Gasteiger partial charge < -0.3 is 4.74 Å². The smallest absolute Gasteiger partial charge is 0.239 e. The van der Waals surface area contributed by atoms with Crippen molar-refractivity contribution in [2.75, 3.05) is 12.0 Å². The Morgan fingerprint density at radius 2 is 1.34 bits per heavy atom. The van der Waals surface area contributed by atoms with Crippen LogP contribution in [0.3, 0.4) is 0 Å². The lowest BCUT2D eigenvalue weighted by Crippen LogP contribution is -2.39. The molecule has 5 rings (SSSR count). The maximum atomic E-state index is 13.5. The van der Waals surface area contributed by atoms with Crippen LogP contribution in [-0.2, 0) is 15.0 Å². The zero-order valence-electron chi connectivity index (χ0n) is 15.7. The van der Waals surface area contributed by atoms with E-state index in [1.165, 1.54) is 12.0 Å². The summed E-state index contributed by atoms with van der Waals surface area (Å²) in [4.78, 5) is 28.3. The van der Waals surface area contributed by atoms with E-state index in [2.05, 4.69) is 0 Å². The normalized spacial score (nSPS) is 21.8. The third-order valence-electron chi connectivity index (χ3n) is 6.06. The second-order valence-corrected chi connectivity index (χ2v) is 7.82. The highest BCUT2D eigenvalue weighted by atomic mass is 35.5. The van der Waals surface area contributed by atoms with Gasteiger partial charge in [0.05, 0.1) is 24.6 Å². The van der Waals surface area contributed by atoms with E-state index in [4.69, 9.17) is 16.3 Å². The summed E-state index contributed by atoms with van der Waals surface area (Å²) in [5.74, 6) is -0.865. The molecule has 0 radical (unpaired) electrons. The van der Waals surface area contributed by atoms with Gasteiger partial charge in [0.25, 0.3) is 0 Å². The summed E-state index contributed by atoms with van der Waals surface area (Å²) in [6.45, 7) is 0. The van der Waals surface area contributed by atoms with Crippen molar-refractivity contribution in [3.05, 3.63) is 95.0 Å². The molecule has 0 spiro atoms. The van der Waals surface area contributed by atoms with Crippen molar-refractivity contribution >= 4 is 29.1 Å². The molecule has 0 aromatic heterocycles. The highest BCUT2D eigenvalue weighted by Crippen LogP contribution is 2.68. The number of carbonyl (C=O) groups is 2. The monoisotopic (exact) mass is 403 g/mol. The van der Waals surface area contributed by atoms with Crippen molar-refractivity contribution in [1.29, 1.82) is 0 Å². The van der Waals surface area contributed by atoms with Gasteiger partial charge in [-0.15, -0.1) is 0 Å². The van der Waals surface area contributed by atoms with Crippen molar-refractivity contribution in [3.8, 4) is 5.75 Å². The highest BCUT2D eigenvalue weighted by Gasteiger charge is 2.78. The van der Waals surface area contributed by atoms with Crippen molar-refractivity contribution in [3.63, 3.8) is 0 Å². The van der Waals surface area contributed by atoms with Crippen LogP contribution in [-0.4, -0.2) is 18.9 Å². The Hall–Kier alpha value is -3.11. The van der Waals surface area contributed by atoms with Crippen LogP contribution >= 0.6 is 11.6 Å². The number of hydrogen-bond donors (Lipinski definition) is 0. The van der Waals surface area contributed by atoms with Gasteiger partial charge >= 0.3 is 0 Å². The van der Waals surface area contributed by atoms with Crippen LogP contribution in [0, 0.1) is 11.8 Å². The molecule has 3 aromatic rings. The zero-order chi connectivity index (χ0) is 20.2. The Balaban J connectivity index is 1.63. The van der Waals surface area contributed by atoms with Crippen LogP contribution in [0.2, 0.25) is 5.02 Å². The molecule has 0 N–H and O–H groups in total. The van der Waals surface area contributed by atoms with Gasteiger partial charge in [0.2, 0.25) is 11.8 Å². The lowest BCUT2D eigenvalue weighted by Gasteiger charge is -2.27. The minimum atomic E-state index is -0.626. The number of anilines is 1. The van der Waals surface area contributed by atoms with Crippen LogP contribution < -0.4 is 9.64 Å². The lowest BCUT2D eigenvalue weighted by atomic mass is 9.83. The van der Waals surface area contributed by atoms with Crippen molar-refractivity contribution in [2.24, 2.45) is 11.8 Å². The fourth-order valence-electron chi connectivity index (χ4n) is 4.84. The summed E-state index contributed by atoms with van der Waals surface area (Å²) in [5.41, 5.74) is 1.75. The second kappa shape index (κ2) is 6.46. The lowest BCUT2D eigenvalue weighted by molar-refractivity contribution is -0.124. The predicted molar refractivity (Wildman–Crippen MR) is 111 cm³/mol. The molecule has 2 aliphatic rings. The Morgan fingerprint density at radius 3 is 1.83 bits per heavy atom. The minimum absolute atomic E-state index is 0.215. The molecule has 2 fully saturated rings. The molecular weight excluding hydrogens is 386 g/mol. The fourth-order valence-corrected chi connectivity index (χ4v) is 5.00. The number of fused-ring (bicyclic) bond motifs is 1. The van der Waals surface area contributed by atoms with E-state index >= 15 is 0 Å². The molecule has 1 saturated carbocycles. The molecule has 2 amide bonds. The van der Waals surface area contributed by atoms with Crippen LogP contribution in [0.1, 0.15) is 11.1 Å². The van der Waals surface area contributed by atoms with E-state index in [0.717, 1.165) is 11.1 Å². The summed E-state index contributed by atoms with van der Waals surface area (Å²) < 4.78 is 5.38. The van der Waals surface area contributed by atoms with E-state index < -0.39 is 17.3 Å². The van der Waals surface area contributed by atoms with Crippen molar-refractivity contribution in [1.82, 2.24) is 0 Å². The molecule has 0 bridgehead atoms. The summed E-state index contributed by atoms with van der Waals surface area (Å²) in [7, 11) is 1.51. The number of amides is 2. The molecule has 1 aliphatic carbocycles. The summed E-state index contributed by atoms with van der Waals surface area (Å²) in [5, 5.41) is 0.444. The maximum absolute atomic E-state index is 13.5. The number of ether oxygens (including phenoxy) is 1. The molecule has 29 heavy (non-hydrogen) atoms. The van der Waals surface area contributed by atoms with E-state index in [1.54, 1.807) is 18.2 Å². The van der Waals surface area contributed by atoms with E-state index in [9.17, 15) is 9.59 Å². The van der Waals surface area contributed by atoms with Gasteiger partial charge in [0.1, 0.15) is 5.75 Å². The first-order valence-corrected chi connectivity index (χ1v) is 9.81. The third-order valence-corrected chi connectivity index (χ3v) is 6.30. The van der Waals surface area contributed by atoms with Crippen LogP contribution in [0.25, 0.3) is 0 Å². The largest absolute Gasteiger partial charge is 0.495 e. The van der Waals surface area contributed by atoms with Crippen LogP contribution in [0.15, 0.2) is 78.9 Å². The summed E-state index contributed by atoms with van der Waals surface area (Å²) >= 11 is 6.14. The summed E-state index contributed by atoms with van der Waals surface area (Å²) in [6, 6.07) is 24.6. The Bertz CT molecular complexity index is 1050. The van der Waals surface area contributed by atoms with Gasteiger partial charge in [-0.2, -0.15) is 0 Å². The molecule has 3 aromatic carbocycles. The quantitative estimate of drug-likeness (QED) is 0.604. The molecule has 1 saturated heterocycles. The number of piperidine rings is 1. The van der Waals surface area contributed by atoms with E-state index in [1.807, 2.05) is 60.7 Å². The molecule has 1 aliphatic heterocycles. The van der Waals surface area contributed by atoms with Gasteiger partial charge in [-0.3, -0.25) is 9.59 Å². The van der Waals surface area contributed by atoms with E-state index in [-0.39, 0.29) is 11.8 Å². The molecule has 4 nitrogen and oxygen atoms in total. The highest BCUT2D eigenvalue weighted by molar-refractivity contribution is 6.32. The second-order valence-electron chi connectivity index (χ2n) is 7.38. The Kier molecular flexibility index (Phi) is 4.00. The van der Waals surface area contributed by atoms with Crippen LogP contribution in [0.4, 0.5) is 5.69 Å². The SMILES string of the molecule is COc1ccc(Cl)cc1N1C(=O)[C@@H]2[C@H](C1=O)C2(c1ccccc1)c1ccccc1. The van der Waals surface area contributed by atoms with Gasteiger partial charge in [0.15, 0.2) is 0 Å². The average Bonchev–Trinajstić information content (AvgIpc) is 3.39. The number of benzene rings is 3. The predicted octanol–water partition coefficient (Wildman–Crippen LogP) is 4.45. The number of nitrogens with zero attached hydrogens (tertiary/aromatic N) is 1. The first-order valence-electron chi connectivity index (χ1n) is 9.43. The Labute approximate surface area is 173 Å². The first kappa shape index (κ1) is 18.0. The van der Waals surface area contributed by atoms with E-state index in [0.29, 0.717) is 16.5 Å². The number of methoxy groups -OCH3 is 1. The van der Waals surface area contributed by atoms with Gasteiger partial charge in [0, 0.05) is 10.4 Å². The number of imide groups is 1. The fraction of sp³-hybridized carbons (Fsp3) is 0.167. The summed E-state index contributed by atoms with van der Waals surface area (Å²) in [6.07, 6.45) is 0. The topological polar surface area (TPSA) is 46.6 Å². The van der Waals surface area contributed by atoms with Crippen LogP contribution in [0.5, 0.6) is 5.75 Å². The van der Waals surface area contributed by atoms with Gasteiger partial charge in [-0.1, -0.05) is 72.3 Å². The minimum Gasteiger partial charge on any atom is -0.495 e. The van der Waals surface area contributed by atoms with Crippen molar-refractivity contribution < 1.29 is 14.3 Å².